The van der Waals surface area contributed by atoms with Crippen LogP contribution in [0, 0.1) is 10.1 Å². The molecule has 140 valence electrons. The Bertz CT molecular complexity index is 568. The van der Waals surface area contributed by atoms with Crippen LogP contribution in [0.5, 0.6) is 0 Å². The van der Waals surface area contributed by atoms with Crippen molar-refractivity contribution in [3.05, 3.63) is 45.8 Å². The van der Waals surface area contributed by atoms with Crippen LogP contribution in [0.2, 0.25) is 0 Å². The number of thioether (sulfide) groups is 1. The van der Waals surface area contributed by atoms with E-state index in [1.807, 2.05) is 26.2 Å². The monoisotopic (exact) mass is 368 g/mol. The molecule has 0 radical (unpaired) electrons. The summed E-state index contributed by atoms with van der Waals surface area (Å²) in [5, 5.41) is 17.2. The summed E-state index contributed by atoms with van der Waals surface area (Å²) in [6.45, 7) is 1.48. The first kappa shape index (κ1) is 19.7. The molecule has 1 aliphatic carbocycles. The van der Waals surface area contributed by atoms with Gasteiger partial charge in [-0.2, -0.15) is 11.8 Å². The van der Waals surface area contributed by atoms with Crippen molar-refractivity contribution < 1.29 is 9.34 Å². The minimum Gasteiger partial charge on any atom is -0.464 e. The highest BCUT2D eigenvalue weighted by Gasteiger charge is 2.16. The summed E-state index contributed by atoms with van der Waals surface area (Å²) < 4.78 is 5.77. The van der Waals surface area contributed by atoms with Gasteiger partial charge in [0.15, 0.2) is 5.82 Å². The summed E-state index contributed by atoms with van der Waals surface area (Å²) in [7, 11) is 4.02. The first-order chi connectivity index (χ1) is 12.0. The molecule has 1 heterocycles. The fourth-order valence-electron chi connectivity index (χ4n) is 2.86. The molecule has 1 saturated carbocycles. The van der Waals surface area contributed by atoms with Crippen molar-refractivity contribution >= 4 is 11.8 Å². The topological polar surface area (TPSA) is 83.6 Å². The predicted molar refractivity (Wildman–Crippen MR) is 101 cm³/mol. The van der Waals surface area contributed by atoms with Gasteiger partial charge in [0, 0.05) is 18.3 Å². The lowest BCUT2D eigenvalue weighted by Crippen LogP contribution is -2.34. The van der Waals surface area contributed by atoms with E-state index < -0.39 is 4.92 Å². The van der Waals surface area contributed by atoms with Gasteiger partial charge in [-0.05, 0) is 39.1 Å². The lowest BCUT2D eigenvalue weighted by atomic mass is 10.2. The van der Waals surface area contributed by atoms with Crippen LogP contribution in [0.4, 0.5) is 0 Å². The zero-order valence-corrected chi connectivity index (χ0v) is 15.8. The zero-order valence-electron chi connectivity index (χ0n) is 15.0. The molecular formula is C17H28N4O3S. The van der Waals surface area contributed by atoms with Crippen LogP contribution in [0.15, 0.2) is 28.6 Å². The second-order valence-electron chi connectivity index (χ2n) is 6.54. The second-order valence-corrected chi connectivity index (χ2v) is 7.64. The van der Waals surface area contributed by atoms with Gasteiger partial charge in [-0.1, -0.05) is 12.8 Å². The maximum atomic E-state index is 10.8. The Hall–Kier alpha value is -1.67. The average molecular weight is 369 g/mol. The van der Waals surface area contributed by atoms with Gasteiger partial charge >= 0.3 is 0 Å². The number of furan rings is 1. The molecule has 1 aromatic heterocycles. The molecule has 1 fully saturated rings. The molecular weight excluding hydrogens is 340 g/mol. The second kappa shape index (κ2) is 10.4. The molecule has 0 amide bonds. The van der Waals surface area contributed by atoms with Crippen molar-refractivity contribution in [2.45, 2.75) is 44.0 Å². The van der Waals surface area contributed by atoms with Gasteiger partial charge in [0.05, 0.1) is 17.2 Å². The van der Waals surface area contributed by atoms with Crippen LogP contribution in [-0.2, 0) is 12.3 Å². The van der Waals surface area contributed by atoms with Gasteiger partial charge in [-0.3, -0.25) is 10.1 Å². The maximum Gasteiger partial charge on any atom is 0.274 e. The van der Waals surface area contributed by atoms with Gasteiger partial charge < -0.3 is 20.0 Å². The van der Waals surface area contributed by atoms with Gasteiger partial charge in [0.2, 0.25) is 0 Å². The van der Waals surface area contributed by atoms with Gasteiger partial charge in [-0.25, -0.2) is 0 Å². The number of nitrogens with one attached hydrogen (secondary N) is 2. The molecule has 0 bridgehead atoms. The van der Waals surface area contributed by atoms with Crippen molar-refractivity contribution in [1.29, 1.82) is 0 Å². The van der Waals surface area contributed by atoms with Crippen molar-refractivity contribution in [2.24, 2.45) is 0 Å². The summed E-state index contributed by atoms with van der Waals surface area (Å²) in [5.41, 5.74) is 0. The Morgan fingerprint density at radius 3 is 2.80 bits per heavy atom. The highest BCUT2D eigenvalue weighted by Crippen LogP contribution is 2.18. The summed E-state index contributed by atoms with van der Waals surface area (Å²) in [5.74, 6) is 4.11. The molecule has 0 spiro atoms. The molecule has 1 aliphatic rings. The van der Waals surface area contributed by atoms with Crippen molar-refractivity contribution in [1.82, 2.24) is 15.5 Å². The third-order valence-corrected chi connectivity index (χ3v) is 4.93. The Labute approximate surface area is 153 Å². The van der Waals surface area contributed by atoms with E-state index in [4.69, 9.17) is 4.42 Å². The molecule has 0 aliphatic heterocycles. The third kappa shape index (κ3) is 7.83. The Balaban J connectivity index is 1.67. The molecule has 0 aromatic carbocycles. The minimum atomic E-state index is -0.410. The first-order valence-corrected chi connectivity index (χ1v) is 9.84. The largest absolute Gasteiger partial charge is 0.464 e. The van der Waals surface area contributed by atoms with Crippen molar-refractivity contribution in [3.63, 3.8) is 0 Å². The SMILES string of the molecule is CN(C)Cc1ccc(CSCCNC(=C[N+](=O)[O-])NC2CCCC2)o1. The molecule has 0 saturated heterocycles. The predicted octanol–water partition coefficient (Wildman–Crippen LogP) is 2.77. The van der Waals surface area contributed by atoms with Crippen LogP contribution in [-0.4, -0.2) is 42.3 Å². The summed E-state index contributed by atoms with van der Waals surface area (Å²) >= 11 is 1.75. The van der Waals surface area contributed by atoms with Gasteiger partial charge in [-0.15, -0.1) is 0 Å². The standard InChI is InChI=1S/C17H28N4O3S/c1-20(2)11-15-7-8-16(24-15)13-25-10-9-18-17(12-21(22)23)19-14-5-3-4-6-14/h7-8,12,14,18-19H,3-6,9-11,13H2,1-2H3. The number of hydrogen-bond donors (Lipinski definition) is 2. The molecule has 2 N–H and O–H groups in total. The summed E-state index contributed by atoms with van der Waals surface area (Å²) in [6, 6.07) is 4.38. The molecule has 7 nitrogen and oxygen atoms in total. The van der Waals surface area contributed by atoms with E-state index >= 15 is 0 Å². The van der Waals surface area contributed by atoms with E-state index in [0.29, 0.717) is 18.4 Å². The molecule has 0 unspecified atom stereocenters. The average Bonchev–Trinajstić information content (AvgIpc) is 3.17. The smallest absolute Gasteiger partial charge is 0.274 e. The number of rotatable bonds is 11. The van der Waals surface area contributed by atoms with Gasteiger partial charge in [0.25, 0.3) is 6.20 Å². The van der Waals surface area contributed by atoms with Crippen LogP contribution in [0.1, 0.15) is 37.2 Å². The van der Waals surface area contributed by atoms with Crippen LogP contribution in [0.3, 0.4) is 0 Å². The van der Waals surface area contributed by atoms with E-state index in [9.17, 15) is 10.1 Å². The summed E-state index contributed by atoms with van der Waals surface area (Å²) in [4.78, 5) is 12.4. The molecule has 0 atom stereocenters. The van der Waals surface area contributed by atoms with E-state index in [1.54, 1.807) is 11.8 Å². The fraction of sp³-hybridized carbons (Fsp3) is 0.647. The highest BCUT2D eigenvalue weighted by molar-refractivity contribution is 7.98. The van der Waals surface area contributed by atoms with Crippen molar-refractivity contribution in [3.8, 4) is 0 Å². The quantitative estimate of drug-likeness (QED) is 0.353. The van der Waals surface area contributed by atoms with E-state index in [0.717, 1.165) is 48.6 Å². The molecule has 2 rings (SSSR count). The van der Waals surface area contributed by atoms with Gasteiger partial charge in [0.1, 0.15) is 11.5 Å². The van der Waals surface area contributed by atoms with E-state index in [1.165, 1.54) is 12.8 Å². The van der Waals surface area contributed by atoms with Crippen LogP contribution >= 0.6 is 11.8 Å². The number of nitrogens with zero attached hydrogens (tertiary/aromatic N) is 2. The zero-order chi connectivity index (χ0) is 18.1. The first-order valence-electron chi connectivity index (χ1n) is 8.68. The van der Waals surface area contributed by atoms with Crippen LogP contribution < -0.4 is 10.6 Å². The van der Waals surface area contributed by atoms with Crippen molar-refractivity contribution in [2.75, 3.05) is 26.4 Å². The van der Waals surface area contributed by atoms with Crippen LogP contribution in [0.25, 0.3) is 0 Å². The highest BCUT2D eigenvalue weighted by atomic mass is 32.2. The molecule has 8 heteroatoms. The summed E-state index contributed by atoms with van der Waals surface area (Å²) in [6.07, 6.45) is 5.58. The Morgan fingerprint density at radius 1 is 1.40 bits per heavy atom. The minimum absolute atomic E-state index is 0.351. The van der Waals surface area contributed by atoms with E-state index in [2.05, 4.69) is 15.5 Å². The lowest BCUT2D eigenvalue weighted by molar-refractivity contribution is -0.404. The Morgan fingerprint density at radius 2 is 2.12 bits per heavy atom. The number of hydrogen-bond acceptors (Lipinski definition) is 7. The maximum absolute atomic E-state index is 10.8. The normalized spacial score (nSPS) is 15.7. The molecule has 1 aromatic rings. The van der Waals surface area contributed by atoms with E-state index in [-0.39, 0.29) is 0 Å². The fourth-order valence-corrected chi connectivity index (χ4v) is 3.60. The number of nitro groups is 1. The third-order valence-electron chi connectivity index (χ3n) is 3.94. The lowest BCUT2D eigenvalue weighted by Gasteiger charge is -2.16. The Kier molecular flexibility index (Phi) is 8.14. The molecule has 25 heavy (non-hydrogen) atoms.